The summed E-state index contributed by atoms with van der Waals surface area (Å²) in [6.07, 6.45) is 1.64. The number of alkyl carbamates (subject to hydrolysis) is 1. The molecular weight excluding hydrogens is 1290 g/mol. The number of carbonyl (C=O) groups excluding carboxylic acids is 10. The molecule has 14 N–H and O–H groups in total. The summed E-state index contributed by atoms with van der Waals surface area (Å²) in [5.74, 6) is -7.38. The molecule has 0 radical (unpaired) electrons. The van der Waals surface area contributed by atoms with E-state index in [1.807, 2.05) is 18.2 Å². The van der Waals surface area contributed by atoms with E-state index >= 15 is 14.4 Å². The van der Waals surface area contributed by atoms with Gasteiger partial charge in [-0.3, -0.25) is 38.4 Å². The van der Waals surface area contributed by atoms with Crippen molar-refractivity contribution in [3.05, 3.63) is 126 Å². The van der Waals surface area contributed by atoms with Crippen molar-refractivity contribution in [1.29, 1.82) is 0 Å². The molecule has 0 spiro atoms. The summed E-state index contributed by atoms with van der Waals surface area (Å²) < 4.78 is 5.36. The second kappa shape index (κ2) is 38.2. The van der Waals surface area contributed by atoms with Crippen LogP contribution in [0, 0.1) is 0 Å². The highest BCUT2D eigenvalue weighted by Crippen LogP contribution is 2.30. The molecule has 6 rings (SSSR count). The molecule has 1 saturated heterocycles. The van der Waals surface area contributed by atoms with Crippen LogP contribution in [0.3, 0.4) is 0 Å². The van der Waals surface area contributed by atoms with Crippen molar-refractivity contribution in [2.45, 2.75) is 152 Å². The van der Waals surface area contributed by atoms with Crippen molar-refractivity contribution in [1.82, 2.24) is 68.5 Å². The summed E-state index contributed by atoms with van der Waals surface area (Å²) in [6.45, 7) is 10.5. The Morgan fingerprint density at radius 1 is 0.681 bits per heavy atom. The van der Waals surface area contributed by atoms with E-state index in [-0.39, 0.29) is 74.7 Å². The first-order valence-corrected chi connectivity index (χ1v) is 35.7. The Kier molecular flexibility index (Phi) is 30.4. The smallest absolute Gasteiger partial charge is 0.407 e. The molecule has 94 heavy (non-hydrogen) atoms. The summed E-state index contributed by atoms with van der Waals surface area (Å²) in [4.78, 5) is 151. The van der Waals surface area contributed by atoms with Crippen LogP contribution in [0.15, 0.2) is 114 Å². The van der Waals surface area contributed by atoms with Crippen LogP contribution in [0.2, 0.25) is 0 Å². The number of aliphatic hydroxyl groups is 1. The maximum Gasteiger partial charge on any atom is 0.407 e. The number of nitrogens with one attached hydrogen (secondary N) is 12. The van der Waals surface area contributed by atoms with E-state index in [1.165, 1.54) is 52.8 Å². The normalized spacial score (nSPS) is 19.6. The van der Waals surface area contributed by atoms with Crippen molar-refractivity contribution in [3.63, 3.8) is 0 Å². The third kappa shape index (κ3) is 25.3. The number of H-pyrrole nitrogens is 1. The number of nitrogens with zero attached hydrogens (tertiary/aromatic N) is 1. The molecular formula is C64H85N13O13S4. The predicted molar refractivity (Wildman–Crippen MR) is 364 cm³/mol. The first-order chi connectivity index (χ1) is 45.0. The number of likely N-dealkylation sites (N-methyl/N-ethyl adjacent to an activating group) is 1. The molecule has 1 aliphatic heterocycles. The van der Waals surface area contributed by atoms with Crippen LogP contribution in [0.4, 0.5) is 9.59 Å². The van der Waals surface area contributed by atoms with Gasteiger partial charge in [-0.1, -0.05) is 112 Å². The lowest BCUT2D eigenvalue weighted by atomic mass is 10.0. The molecule has 2 aromatic heterocycles. The number of aliphatic hydroxyl groups excluding tert-OH is 1. The molecule has 3 aromatic carbocycles. The summed E-state index contributed by atoms with van der Waals surface area (Å²) in [5, 5.41) is 52.9. The third-order valence-electron chi connectivity index (χ3n) is 14.3. The number of phenols is 1. The molecule has 26 nitrogen and oxygen atoms in total. The van der Waals surface area contributed by atoms with Crippen molar-refractivity contribution >= 4 is 113 Å². The van der Waals surface area contributed by atoms with Crippen LogP contribution in [-0.2, 0) is 62.4 Å². The average molecular weight is 1370 g/mol. The van der Waals surface area contributed by atoms with Gasteiger partial charge in [0.25, 0.3) is 0 Å². The molecule has 0 bridgehead atoms. The van der Waals surface area contributed by atoms with Gasteiger partial charge in [0.1, 0.15) is 64.7 Å². The molecule has 0 saturated carbocycles. The quantitative estimate of drug-likeness (QED) is 0.0292. The van der Waals surface area contributed by atoms with E-state index in [1.54, 1.807) is 102 Å². The first kappa shape index (κ1) is 74.8. The Labute approximate surface area is 562 Å². The number of urea groups is 1. The zero-order valence-electron chi connectivity index (χ0n) is 53.2. The third-order valence-corrected chi connectivity index (χ3v) is 19.0. The van der Waals surface area contributed by atoms with Crippen molar-refractivity contribution < 1.29 is 62.9 Å². The maximum absolute atomic E-state index is 15.2. The molecule has 1 fully saturated rings. The number of ether oxygens (including phenoxy) is 1. The number of unbranched alkanes of at least 4 members (excludes halogenated alkanes) is 2. The van der Waals surface area contributed by atoms with Crippen LogP contribution < -0.4 is 58.5 Å². The van der Waals surface area contributed by atoms with Gasteiger partial charge in [-0.2, -0.15) is 0 Å². The SMILES string of the molecule is CCNC(=O)N[C@H](Cc1ccccc1)C(=O)N[C@H]1CSSC[C@@H](C(=O)N[C@@H](CSSc2ccccn2)C(=O)NCC)NC(=O)[C@H]([C@@H](C)O)NC(=O)[C@H](CCCCCNC(=O)OC(C)(C)C)NC(=O)[C@@H](Cc2c[nH]c3ccccc23)NC(=O)[C@H](Cc2ccc(O)cc2)NC1=O. The van der Waals surface area contributed by atoms with E-state index in [4.69, 9.17) is 4.74 Å². The van der Waals surface area contributed by atoms with E-state index in [9.17, 15) is 43.8 Å². The zero-order chi connectivity index (χ0) is 68.2. The highest BCUT2D eigenvalue weighted by molar-refractivity contribution is 8.77. The largest absolute Gasteiger partial charge is 0.508 e. The standard InChI is InChI=1S/C64H85N13O13S4/c1-7-65-54(80)49(37-93-94-52-24-16-18-29-67-52)73-60(86)51-36-92-91-35-50(74-57(83)47(76-62(88)66-8-2)31-39-19-11-9-12-20-39)59(85)71-46(32-40-25-27-42(79)28-26-40)56(82)72-48(33-41-34-69-44-22-15-14-21-43(41)44)58(84)70-45(55(81)77-53(38(3)78)61(87)75-51)23-13-10-17-30-68-63(89)90-64(4,5)6/h9,11-12,14-16,18-22,24-29,34,38,45-51,53,69,78-79H,7-8,10,13,17,23,30-33,35-37H2,1-6H3,(H,65,80)(H,68,89)(H,70,84)(H,71,85)(H,72,82)(H,73,86)(H,74,83)(H,75,87)(H,77,81)(H2,66,76,88)/t38-,45+,46+,47-,48-,49+,50+,51+,53+/m1/s1. The number of aromatic amines is 1. The molecule has 5 aromatic rings. The number of amides is 11. The van der Waals surface area contributed by atoms with Crippen molar-refractivity contribution in [3.8, 4) is 5.75 Å². The number of carbonyl (C=O) groups is 10. The molecule has 9 atom stereocenters. The number of aromatic nitrogens is 2. The summed E-state index contributed by atoms with van der Waals surface area (Å²) >= 11 is 0. The molecule has 3 heterocycles. The van der Waals surface area contributed by atoms with Gasteiger partial charge in [0.2, 0.25) is 47.3 Å². The van der Waals surface area contributed by atoms with E-state index < -0.39 is 119 Å². The Hall–Kier alpha value is -8.19. The zero-order valence-corrected chi connectivity index (χ0v) is 56.5. The highest BCUT2D eigenvalue weighted by Gasteiger charge is 2.37. The van der Waals surface area contributed by atoms with E-state index in [0.29, 0.717) is 45.5 Å². The number of hydrogen-bond donors (Lipinski definition) is 14. The van der Waals surface area contributed by atoms with Crippen LogP contribution >= 0.6 is 43.2 Å². The van der Waals surface area contributed by atoms with E-state index in [2.05, 4.69) is 68.5 Å². The number of para-hydroxylation sites is 1. The minimum atomic E-state index is -1.77. The van der Waals surface area contributed by atoms with Crippen molar-refractivity contribution in [2.24, 2.45) is 0 Å². The predicted octanol–water partition coefficient (Wildman–Crippen LogP) is 3.82. The van der Waals surface area contributed by atoms with Gasteiger partial charge in [-0.05, 0) is 112 Å². The van der Waals surface area contributed by atoms with Gasteiger partial charge < -0.3 is 78.4 Å². The van der Waals surface area contributed by atoms with E-state index in [0.717, 1.165) is 21.6 Å². The fourth-order valence-corrected chi connectivity index (χ4v) is 14.0. The molecule has 30 heteroatoms. The fraction of sp³-hybridized carbons (Fsp3) is 0.453. The van der Waals surface area contributed by atoms with Gasteiger partial charge in [-0.15, -0.1) is 0 Å². The number of fused-ring (bicyclic) bond motifs is 1. The molecule has 0 unspecified atom stereocenters. The van der Waals surface area contributed by atoms with Crippen LogP contribution in [0.5, 0.6) is 5.75 Å². The second-order valence-electron chi connectivity index (χ2n) is 23.1. The highest BCUT2D eigenvalue weighted by atomic mass is 33.1. The monoisotopic (exact) mass is 1370 g/mol. The van der Waals surface area contributed by atoms with Crippen LogP contribution in [0.1, 0.15) is 83.9 Å². The lowest BCUT2D eigenvalue weighted by molar-refractivity contribution is -0.136. The Morgan fingerprint density at radius 2 is 1.34 bits per heavy atom. The van der Waals surface area contributed by atoms with Crippen LogP contribution in [-0.4, -0.2) is 176 Å². The van der Waals surface area contributed by atoms with Crippen LogP contribution in [0.25, 0.3) is 10.9 Å². The Bertz CT molecular complexity index is 3330. The minimum absolute atomic E-state index is 0.0119. The van der Waals surface area contributed by atoms with Gasteiger partial charge in [0.15, 0.2) is 0 Å². The molecule has 508 valence electrons. The van der Waals surface area contributed by atoms with Gasteiger partial charge >= 0.3 is 12.1 Å². The number of rotatable bonds is 25. The van der Waals surface area contributed by atoms with Gasteiger partial charge in [-0.25, -0.2) is 14.6 Å². The Balaban J connectivity index is 1.42. The Morgan fingerprint density at radius 3 is 2.03 bits per heavy atom. The topological polar surface area (TPSA) is 381 Å². The summed E-state index contributed by atoms with van der Waals surface area (Å²) in [7, 11) is 4.46. The number of benzene rings is 3. The fourth-order valence-electron chi connectivity index (χ4n) is 9.58. The lowest BCUT2D eigenvalue weighted by Gasteiger charge is -2.29. The average Bonchev–Trinajstić information content (AvgIpc) is 1.63. The number of aromatic hydroxyl groups is 1. The van der Waals surface area contributed by atoms with Gasteiger partial charge in [0, 0.05) is 79.5 Å². The number of pyridine rings is 1. The van der Waals surface area contributed by atoms with Gasteiger partial charge in [0.05, 0.1) is 6.10 Å². The minimum Gasteiger partial charge on any atom is -0.508 e. The maximum atomic E-state index is 15.2. The second-order valence-corrected chi connectivity index (χ2v) is 28.0. The molecule has 11 amide bonds. The molecule has 0 aliphatic carbocycles. The molecule has 1 aliphatic rings. The summed E-state index contributed by atoms with van der Waals surface area (Å²) in [6, 6.07) is 14.9. The first-order valence-electron chi connectivity index (χ1n) is 30.9. The number of phenolic OH excluding ortho intramolecular Hbond substituents is 1. The lowest BCUT2D eigenvalue weighted by Crippen LogP contribution is -2.62. The van der Waals surface area contributed by atoms with Crippen molar-refractivity contribution in [2.75, 3.05) is 36.9 Å². The summed E-state index contributed by atoms with van der Waals surface area (Å²) in [5.41, 5.74) is 1.68. The number of hydrogen-bond acceptors (Lipinski definition) is 18.